The van der Waals surface area contributed by atoms with E-state index in [1.807, 2.05) is 6.92 Å². The third-order valence-electron chi connectivity index (χ3n) is 5.83. The number of aryl methyl sites for hydroxylation is 2. The summed E-state index contributed by atoms with van der Waals surface area (Å²) in [6.07, 6.45) is 6.04. The van der Waals surface area contributed by atoms with Crippen LogP contribution in [0.25, 0.3) is 0 Å². The van der Waals surface area contributed by atoms with Gasteiger partial charge in [0.1, 0.15) is 5.75 Å². The highest BCUT2D eigenvalue weighted by Crippen LogP contribution is 2.21. The Bertz CT molecular complexity index is 760. The summed E-state index contributed by atoms with van der Waals surface area (Å²) in [5, 5.41) is 0. The summed E-state index contributed by atoms with van der Waals surface area (Å²) in [6.45, 7) is 6.17. The molecule has 0 aromatic heterocycles. The van der Waals surface area contributed by atoms with E-state index in [1.165, 1.54) is 11.1 Å². The third-order valence-corrected chi connectivity index (χ3v) is 5.83. The van der Waals surface area contributed by atoms with Crippen molar-refractivity contribution in [1.82, 2.24) is 4.90 Å². The zero-order chi connectivity index (χ0) is 21.0. The van der Waals surface area contributed by atoms with Crippen LogP contribution >= 0.6 is 12.4 Å². The topological polar surface area (TPSA) is 38.8 Å². The van der Waals surface area contributed by atoms with Crippen LogP contribution < -0.4 is 4.74 Å². The first kappa shape index (κ1) is 25.2. The van der Waals surface area contributed by atoms with Crippen LogP contribution in [0.2, 0.25) is 0 Å². The summed E-state index contributed by atoms with van der Waals surface area (Å²) in [5.74, 6) is 1.09. The van der Waals surface area contributed by atoms with E-state index in [9.17, 15) is 4.79 Å². The summed E-state index contributed by atoms with van der Waals surface area (Å²) in [6, 6.07) is 19.0. The van der Waals surface area contributed by atoms with Crippen LogP contribution in [0, 0.1) is 5.92 Å². The fourth-order valence-electron chi connectivity index (χ4n) is 4.05. The first-order valence-corrected chi connectivity index (χ1v) is 11.4. The van der Waals surface area contributed by atoms with Crippen molar-refractivity contribution in [3.63, 3.8) is 0 Å². The molecule has 0 radical (unpaired) electrons. The van der Waals surface area contributed by atoms with E-state index in [-0.39, 0.29) is 24.3 Å². The van der Waals surface area contributed by atoms with Crippen molar-refractivity contribution >= 4 is 18.4 Å². The fraction of sp³-hybridized carbons (Fsp3) is 0.500. The molecule has 1 aliphatic heterocycles. The minimum absolute atomic E-state index is 0. The predicted octanol–water partition coefficient (Wildman–Crippen LogP) is 5.33. The summed E-state index contributed by atoms with van der Waals surface area (Å²) in [5.41, 5.74) is 2.64. The third kappa shape index (κ3) is 8.54. The molecule has 0 unspecified atom stereocenters. The number of ether oxygens (including phenoxy) is 2. The summed E-state index contributed by atoms with van der Waals surface area (Å²) < 4.78 is 11.3. The molecule has 1 aliphatic rings. The van der Waals surface area contributed by atoms with E-state index in [1.54, 1.807) is 0 Å². The largest absolute Gasteiger partial charge is 0.493 e. The van der Waals surface area contributed by atoms with Gasteiger partial charge in [0.15, 0.2) is 0 Å². The molecular weight excluding hydrogens is 410 g/mol. The molecule has 0 saturated carbocycles. The number of piperidine rings is 1. The SMILES string of the molecule is CCOC(=O)C1CCN(CCCCOc2ccccc2CCc2ccccc2)CC1.Cl. The van der Waals surface area contributed by atoms with Crippen molar-refractivity contribution < 1.29 is 14.3 Å². The Labute approximate surface area is 193 Å². The Balaban J connectivity index is 0.00000341. The van der Waals surface area contributed by atoms with Gasteiger partial charge in [-0.25, -0.2) is 0 Å². The van der Waals surface area contributed by atoms with E-state index in [0.29, 0.717) is 6.61 Å². The van der Waals surface area contributed by atoms with Gasteiger partial charge < -0.3 is 14.4 Å². The number of para-hydroxylation sites is 1. The molecule has 0 N–H and O–H groups in total. The molecular formula is C26H36ClNO3. The van der Waals surface area contributed by atoms with Gasteiger partial charge in [-0.1, -0.05) is 48.5 Å². The normalized spacial score (nSPS) is 14.6. The number of nitrogens with zero attached hydrogens (tertiary/aromatic N) is 1. The van der Waals surface area contributed by atoms with Gasteiger partial charge in [0.2, 0.25) is 0 Å². The van der Waals surface area contributed by atoms with Crippen LogP contribution in [-0.4, -0.2) is 43.7 Å². The minimum atomic E-state index is -0.0171. The van der Waals surface area contributed by atoms with E-state index in [2.05, 4.69) is 59.5 Å². The molecule has 2 aromatic rings. The maximum absolute atomic E-state index is 11.8. The smallest absolute Gasteiger partial charge is 0.309 e. The first-order valence-electron chi connectivity index (χ1n) is 11.4. The average molecular weight is 446 g/mol. The maximum Gasteiger partial charge on any atom is 0.309 e. The second kappa shape index (κ2) is 14.1. The van der Waals surface area contributed by atoms with Crippen molar-refractivity contribution in [2.45, 2.75) is 45.4 Å². The van der Waals surface area contributed by atoms with Crippen LogP contribution in [-0.2, 0) is 22.4 Å². The van der Waals surface area contributed by atoms with Crippen molar-refractivity contribution in [3.05, 3.63) is 65.7 Å². The Kier molecular flexibility index (Phi) is 11.5. The number of hydrogen-bond donors (Lipinski definition) is 0. The van der Waals surface area contributed by atoms with Gasteiger partial charge in [-0.3, -0.25) is 4.79 Å². The van der Waals surface area contributed by atoms with E-state index >= 15 is 0 Å². The predicted molar refractivity (Wildman–Crippen MR) is 128 cm³/mol. The molecule has 0 bridgehead atoms. The van der Waals surface area contributed by atoms with Crippen LogP contribution in [0.4, 0.5) is 0 Å². The number of likely N-dealkylation sites (tertiary alicyclic amines) is 1. The standard InChI is InChI=1S/C26H35NO3.ClH/c1-2-29-26(28)24-16-19-27(20-17-24)18-8-9-21-30-25-13-7-6-12-23(25)15-14-22-10-4-3-5-11-22;/h3-7,10-13,24H,2,8-9,14-21H2,1H3;1H. The summed E-state index contributed by atoms with van der Waals surface area (Å²) >= 11 is 0. The van der Waals surface area contributed by atoms with Crippen molar-refractivity contribution in [1.29, 1.82) is 0 Å². The molecule has 3 rings (SSSR count). The molecule has 0 aliphatic carbocycles. The minimum Gasteiger partial charge on any atom is -0.493 e. The lowest BCUT2D eigenvalue weighted by Gasteiger charge is -2.30. The van der Waals surface area contributed by atoms with Gasteiger partial charge in [-0.05, 0) is 82.3 Å². The first-order chi connectivity index (χ1) is 14.8. The number of carbonyl (C=O) groups is 1. The highest BCUT2D eigenvalue weighted by Gasteiger charge is 2.25. The fourth-order valence-corrected chi connectivity index (χ4v) is 4.05. The number of unbranched alkanes of at least 4 members (excludes halogenated alkanes) is 1. The van der Waals surface area contributed by atoms with Gasteiger partial charge in [0.25, 0.3) is 0 Å². The van der Waals surface area contributed by atoms with Crippen LogP contribution in [0.15, 0.2) is 54.6 Å². The molecule has 0 spiro atoms. The molecule has 170 valence electrons. The summed E-state index contributed by atoms with van der Waals surface area (Å²) in [4.78, 5) is 14.3. The molecule has 5 heteroatoms. The van der Waals surface area contributed by atoms with Crippen molar-refractivity contribution in [2.75, 3.05) is 32.8 Å². The highest BCUT2D eigenvalue weighted by molar-refractivity contribution is 5.85. The van der Waals surface area contributed by atoms with Crippen LogP contribution in [0.3, 0.4) is 0 Å². The lowest BCUT2D eigenvalue weighted by molar-refractivity contribution is -0.149. The number of benzene rings is 2. The van der Waals surface area contributed by atoms with Crippen LogP contribution in [0.1, 0.15) is 43.7 Å². The van der Waals surface area contributed by atoms with Crippen molar-refractivity contribution in [3.8, 4) is 5.75 Å². The van der Waals surface area contributed by atoms with Gasteiger partial charge in [-0.15, -0.1) is 12.4 Å². The Morgan fingerprint density at radius 3 is 2.42 bits per heavy atom. The lowest BCUT2D eigenvalue weighted by atomic mass is 9.97. The Morgan fingerprint density at radius 1 is 0.968 bits per heavy atom. The van der Waals surface area contributed by atoms with E-state index < -0.39 is 0 Å². The number of carbonyl (C=O) groups excluding carboxylic acids is 1. The van der Waals surface area contributed by atoms with Crippen LogP contribution in [0.5, 0.6) is 5.75 Å². The number of hydrogen-bond acceptors (Lipinski definition) is 4. The molecule has 4 nitrogen and oxygen atoms in total. The van der Waals surface area contributed by atoms with Crippen molar-refractivity contribution in [2.24, 2.45) is 5.92 Å². The molecule has 2 aromatic carbocycles. The monoisotopic (exact) mass is 445 g/mol. The van der Waals surface area contributed by atoms with E-state index in [4.69, 9.17) is 9.47 Å². The van der Waals surface area contributed by atoms with Gasteiger partial charge in [-0.2, -0.15) is 0 Å². The van der Waals surface area contributed by atoms with Gasteiger partial charge in [0, 0.05) is 0 Å². The molecule has 0 atom stereocenters. The van der Waals surface area contributed by atoms with E-state index in [0.717, 1.165) is 70.5 Å². The number of esters is 1. The highest BCUT2D eigenvalue weighted by atomic mass is 35.5. The molecule has 1 saturated heterocycles. The molecule has 0 amide bonds. The zero-order valence-corrected chi connectivity index (χ0v) is 19.4. The molecule has 1 heterocycles. The Morgan fingerprint density at radius 2 is 1.68 bits per heavy atom. The average Bonchev–Trinajstić information content (AvgIpc) is 2.79. The van der Waals surface area contributed by atoms with Gasteiger partial charge in [0.05, 0.1) is 19.1 Å². The maximum atomic E-state index is 11.8. The number of rotatable bonds is 11. The summed E-state index contributed by atoms with van der Waals surface area (Å²) in [7, 11) is 0. The van der Waals surface area contributed by atoms with Gasteiger partial charge >= 0.3 is 5.97 Å². The zero-order valence-electron chi connectivity index (χ0n) is 18.6. The number of halogens is 1. The Hall–Kier alpha value is -2.04. The second-order valence-corrected chi connectivity index (χ2v) is 8.02. The quantitative estimate of drug-likeness (QED) is 0.346. The second-order valence-electron chi connectivity index (χ2n) is 8.02. The molecule has 31 heavy (non-hydrogen) atoms. The molecule has 1 fully saturated rings. The lowest BCUT2D eigenvalue weighted by Crippen LogP contribution is -2.37.